The Morgan fingerprint density at radius 1 is 0.952 bits per heavy atom. The number of carbonyl (C=O) groups excluding carboxylic acids is 1. The summed E-state index contributed by atoms with van der Waals surface area (Å²) in [5.74, 6) is 0.699. The lowest BCUT2D eigenvalue weighted by molar-refractivity contribution is 0.0600. The molecule has 0 atom stereocenters. The first kappa shape index (κ1) is 14.6. The molecular formula is C14H14N2O5. The van der Waals surface area contributed by atoms with Crippen molar-refractivity contribution in [2.45, 2.75) is 0 Å². The second kappa shape index (κ2) is 6.56. The van der Waals surface area contributed by atoms with Crippen LogP contribution in [0.15, 0.2) is 30.3 Å². The Morgan fingerprint density at radius 2 is 1.52 bits per heavy atom. The molecule has 1 aromatic heterocycles. The van der Waals surface area contributed by atoms with Gasteiger partial charge in [-0.15, -0.1) is 0 Å². The number of benzene rings is 1. The average molecular weight is 290 g/mol. The quantitative estimate of drug-likeness (QED) is 0.780. The van der Waals surface area contributed by atoms with E-state index in [9.17, 15) is 4.79 Å². The van der Waals surface area contributed by atoms with E-state index in [1.807, 2.05) is 0 Å². The van der Waals surface area contributed by atoms with Crippen LogP contribution in [0.1, 0.15) is 10.4 Å². The van der Waals surface area contributed by atoms with Gasteiger partial charge in [-0.3, -0.25) is 0 Å². The highest BCUT2D eigenvalue weighted by molar-refractivity contribution is 5.89. The summed E-state index contributed by atoms with van der Waals surface area (Å²) < 4.78 is 20.2. The van der Waals surface area contributed by atoms with Crippen molar-refractivity contribution in [1.82, 2.24) is 9.97 Å². The molecule has 0 aliphatic heterocycles. The Hall–Kier alpha value is -2.83. The summed E-state index contributed by atoms with van der Waals surface area (Å²) in [7, 11) is 4.29. The van der Waals surface area contributed by atoms with E-state index in [0.29, 0.717) is 23.1 Å². The Bertz CT molecular complexity index is 606. The summed E-state index contributed by atoms with van der Waals surface area (Å²) in [6.07, 6.45) is 0. The zero-order valence-corrected chi connectivity index (χ0v) is 11.8. The number of methoxy groups -OCH3 is 3. The fourth-order valence-corrected chi connectivity index (χ4v) is 1.52. The minimum absolute atomic E-state index is 0.0806. The normalized spacial score (nSPS) is 9.86. The van der Waals surface area contributed by atoms with Crippen molar-refractivity contribution in [1.29, 1.82) is 0 Å². The number of hydrogen-bond acceptors (Lipinski definition) is 7. The van der Waals surface area contributed by atoms with E-state index in [-0.39, 0.29) is 6.01 Å². The Labute approximate surface area is 121 Å². The molecule has 0 radical (unpaired) electrons. The van der Waals surface area contributed by atoms with Gasteiger partial charge in [0.05, 0.1) is 33.0 Å². The van der Waals surface area contributed by atoms with Gasteiger partial charge in [-0.25, -0.2) is 4.79 Å². The van der Waals surface area contributed by atoms with Gasteiger partial charge in [0.1, 0.15) is 5.75 Å². The molecule has 21 heavy (non-hydrogen) atoms. The maximum atomic E-state index is 11.3. The summed E-state index contributed by atoms with van der Waals surface area (Å²) >= 11 is 0. The number of esters is 1. The van der Waals surface area contributed by atoms with Gasteiger partial charge in [0.15, 0.2) is 0 Å². The smallest absolute Gasteiger partial charge is 0.337 e. The van der Waals surface area contributed by atoms with Crippen molar-refractivity contribution in [2.24, 2.45) is 0 Å². The predicted molar refractivity (Wildman–Crippen MR) is 73.0 cm³/mol. The minimum Gasteiger partial charge on any atom is -0.481 e. The topological polar surface area (TPSA) is 79.8 Å². The summed E-state index contributed by atoms with van der Waals surface area (Å²) in [6.45, 7) is 0. The van der Waals surface area contributed by atoms with Crippen LogP contribution in [0.4, 0.5) is 0 Å². The van der Waals surface area contributed by atoms with Crippen LogP contribution in [0.25, 0.3) is 0 Å². The zero-order valence-electron chi connectivity index (χ0n) is 11.8. The van der Waals surface area contributed by atoms with E-state index < -0.39 is 5.97 Å². The van der Waals surface area contributed by atoms with Crippen molar-refractivity contribution < 1.29 is 23.7 Å². The maximum Gasteiger partial charge on any atom is 0.337 e. The monoisotopic (exact) mass is 290 g/mol. The highest BCUT2D eigenvalue weighted by atomic mass is 16.5. The van der Waals surface area contributed by atoms with Crippen LogP contribution in [-0.4, -0.2) is 37.3 Å². The summed E-state index contributed by atoms with van der Waals surface area (Å²) in [6, 6.07) is 8.00. The Morgan fingerprint density at radius 3 is 2.00 bits per heavy atom. The number of carbonyl (C=O) groups is 1. The van der Waals surface area contributed by atoms with Gasteiger partial charge in [-0.1, -0.05) is 0 Å². The number of hydrogen-bond donors (Lipinski definition) is 0. The van der Waals surface area contributed by atoms with E-state index in [1.54, 1.807) is 24.3 Å². The molecule has 110 valence electrons. The van der Waals surface area contributed by atoms with Gasteiger partial charge in [-0.2, -0.15) is 9.97 Å². The molecule has 0 N–H and O–H groups in total. The van der Waals surface area contributed by atoms with Gasteiger partial charge in [-0.05, 0) is 24.3 Å². The van der Waals surface area contributed by atoms with E-state index in [0.717, 1.165) is 0 Å². The van der Waals surface area contributed by atoms with Crippen molar-refractivity contribution >= 4 is 5.97 Å². The molecule has 0 amide bonds. The molecule has 0 fully saturated rings. The lowest BCUT2D eigenvalue weighted by atomic mass is 10.2. The number of aromatic nitrogens is 2. The highest BCUT2D eigenvalue weighted by Gasteiger charge is 2.09. The van der Waals surface area contributed by atoms with Crippen LogP contribution in [0.3, 0.4) is 0 Å². The third kappa shape index (κ3) is 3.59. The zero-order chi connectivity index (χ0) is 15.2. The first-order chi connectivity index (χ1) is 10.2. The van der Waals surface area contributed by atoms with Crippen molar-refractivity contribution in [2.75, 3.05) is 21.3 Å². The molecule has 0 saturated carbocycles. The summed E-state index contributed by atoms with van der Waals surface area (Å²) in [5, 5.41) is 0. The first-order valence-corrected chi connectivity index (χ1v) is 5.99. The molecule has 2 rings (SSSR count). The van der Waals surface area contributed by atoms with Crippen LogP contribution in [-0.2, 0) is 4.74 Å². The van der Waals surface area contributed by atoms with E-state index in [4.69, 9.17) is 14.2 Å². The minimum atomic E-state index is -0.416. The molecule has 7 heteroatoms. The van der Waals surface area contributed by atoms with Gasteiger partial charge in [0, 0.05) is 0 Å². The van der Waals surface area contributed by atoms with Gasteiger partial charge < -0.3 is 18.9 Å². The second-order valence-electron chi connectivity index (χ2n) is 3.85. The SMILES string of the molecule is COC(=O)c1ccc(Oc2nc(OC)cc(OC)n2)cc1. The molecule has 0 unspecified atom stereocenters. The number of rotatable bonds is 5. The number of nitrogens with zero attached hydrogens (tertiary/aromatic N) is 2. The molecule has 0 aliphatic carbocycles. The van der Waals surface area contributed by atoms with Crippen molar-refractivity contribution in [3.05, 3.63) is 35.9 Å². The first-order valence-electron chi connectivity index (χ1n) is 5.99. The fraction of sp³-hybridized carbons (Fsp3) is 0.214. The van der Waals surface area contributed by atoms with Crippen molar-refractivity contribution in [3.63, 3.8) is 0 Å². The fourth-order valence-electron chi connectivity index (χ4n) is 1.52. The molecule has 1 aromatic carbocycles. The lowest BCUT2D eigenvalue weighted by Crippen LogP contribution is -2.01. The molecule has 0 saturated heterocycles. The van der Waals surface area contributed by atoms with Gasteiger partial charge in [0.2, 0.25) is 11.8 Å². The van der Waals surface area contributed by atoms with E-state index >= 15 is 0 Å². The van der Waals surface area contributed by atoms with Crippen LogP contribution < -0.4 is 14.2 Å². The van der Waals surface area contributed by atoms with E-state index in [2.05, 4.69) is 14.7 Å². The molecule has 7 nitrogen and oxygen atoms in total. The summed E-state index contributed by atoms with van der Waals surface area (Å²) in [5.41, 5.74) is 0.425. The Kier molecular flexibility index (Phi) is 4.55. The molecule has 0 spiro atoms. The molecule has 0 bridgehead atoms. The van der Waals surface area contributed by atoms with Crippen LogP contribution in [0.5, 0.6) is 23.5 Å². The predicted octanol–water partition coefficient (Wildman–Crippen LogP) is 2.07. The molecule has 2 aromatic rings. The summed E-state index contributed by atoms with van der Waals surface area (Å²) in [4.78, 5) is 19.4. The average Bonchev–Trinajstić information content (AvgIpc) is 2.54. The molecule has 0 aliphatic rings. The third-order valence-corrected chi connectivity index (χ3v) is 2.56. The van der Waals surface area contributed by atoms with Crippen molar-refractivity contribution in [3.8, 4) is 23.5 Å². The largest absolute Gasteiger partial charge is 0.481 e. The maximum absolute atomic E-state index is 11.3. The third-order valence-electron chi connectivity index (χ3n) is 2.56. The van der Waals surface area contributed by atoms with Gasteiger partial charge >= 0.3 is 12.0 Å². The standard InChI is InChI=1S/C14H14N2O5/c1-18-11-8-12(19-2)16-14(15-11)21-10-6-4-9(5-7-10)13(17)20-3/h4-8H,1-3H3. The van der Waals surface area contributed by atoms with Crippen LogP contribution in [0, 0.1) is 0 Å². The molecule has 1 heterocycles. The number of ether oxygens (including phenoxy) is 4. The van der Waals surface area contributed by atoms with Gasteiger partial charge in [0.25, 0.3) is 0 Å². The molecular weight excluding hydrogens is 276 g/mol. The lowest BCUT2D eigenvalue weighted by Gasteiger charge is -2.07. The van der Waals surface area contributed by atoms with Crippen LogP contribution in [0.2, 0.25) is 0 Å². The Balaban J connectivity index is 2.19. The highest BCUT2D eigenvalue weighted by Crippen LogP contribution is 2.23. The second-order valence-corrected chi connectivity index (χ2v) is 3.85. The van der Waals surface area contributed by atoms with E-state index in [1.165, 1.54) is 27.4 Å². The van der Waals surface area contributed by atoms with Crippen LogP contribution >= 0.6 is 0 Å².